The number of hydrogen-bond donors (Lipinski definition) is 0. The van der Waals surface area contributed by atoms with Crippen LogP contribution in [0, 0.1) is 0 Å². The Balaban J connectivity index is 1.52. The first-order valence-corrected chi connectivity index (χ1v) is 9.62. The number of imidazole rings is 1. The lowest BCUT2D eigenvalue weighted by molar-refractivity contribution is 0.0620. The molecule has 1 aromatic heterocycles. The van der Waals surface area contributed by atoms with Gasteiger partial charge in [0.05, 0.1) is 23.4 Å². The smallest absolute Gasteiger partial charge is 0.254 e. The van der Waals surface area contributed by atoms with Gasteiger partial charge in [0.15, 0.2) is 0 Å². The highest BCUT2D eigenvalue weighted by atomic mass is 16.2. The highest BCUT2D eigenvalue weighted by Gasteiger charge is 2.30. The number of para-hydroxylation sites is 2. The van der Waals surface area contributed by atoms with Crippen LogP contribution in [0.4, 0.5) is 0 Å². The van der Waals surface area contributed by atoms with Crippen molar-refractivity contribution in [3.05, 3.63) is 102 Å². The Kier molecular flexibility index (Phi) is 4.17. The number of benzene rings is 3. The van der Waals surface area contributed by atoms with Gasteiger partial charge in [0.1, 0.15) is 0 Å². The molecule has 1 amide bonds. The second-order valence-corrected chi connectivity index (χ2v) is 7.31. The van der Waals surface area contributed by atoms with E-state index in [1.807, 2.05) is 65.8 Å². The van der Waals surface area contributed by atoms with E-state index in [2.05, 4.69) is 33.8 Å². The van der Waals surface area contributed by atoms with Crippen molar-refractivity contribution in [2.75, 3.05) is 0 Å². The molecule has 0 N–H and O–H groups in total. The third kappa shape index (κ3) is 2.97. The maximum absolute atomic E-state index is 13.3. The fraction of sp³-hybridized carbons (Fsp3) is 0.167. The Bertz CT molecular complexity index is 1130. The molecule has 0 radical (unpaired) electrons. The van der Waals surface area contributed by atoms with Crippen molar-refractivity contribution in [2.24, 2.45) is 0 Å². The van der Waals surface area contributed by atoms with Gasteiger partial charge in [-0.05, 0) is 41.8 Å². The van der Waals surface area contributed by atoms with E-state index in [9.17, 15) is 4.79 Å². The first-order valence-electron chi connectivity index (χ1n) is 9.62. The number of nitrogens with zero attached hydrogens (tertiary/aromatic N) is 3. The molecule has 0 aliphatic carbocycles. The summed E-state index contributed by atoms with van der Waals surface area (Å²) in [5.41, 5.74) is 5.39. The van der Waals surface area contributed by atoms with Crippen LogP contribution in [-0.2, 0) is 19.5 Å². The summed E-state index contributed by atoms with van der Waals surface area (Å²) in [5.74, 6) is 0.0875. The summed E-state index contributed by atoms with van der Waals surface area (Å²) >= 11 is 0. The Hall–Kier alpha value is -3.40. The van der Waals surface area contributed by atoms with Crippen molar-refractivity contribution >= 4 is 16.9 Å². The number of hydrogen-bond acceptors (Lipinski definition) is 2. The van der Waals surface area contributed by atoms with Crippen LogP contribution < -0.4 is 0 Å². The van der Waals surface area contributed by atoms with Gasteiger partial charge in [-0.3, -0.25) is 4.79 Å². The summed E-state index contributed by atoms with van der Waals surface area (Å²) in [4.78, 5) is 19.8. The molecule has 2 heterocycles. The summed E-state index contributed by atoms with van der Waals surface area (Å²) in [6, 6.07) is 26.2. The third-order valence-electron chi connectivity index (χ3n) is 5.57. The zero-order valence-corrected chi connectivity index (χ0v) is 15.5. The van der Waals surface area contributed by atoms with Crippen LogP contribution in [-0.4, -0.2) is 26.4 Å². The van der Waals surface area contributed by atoms with E-state index in [4.69, 9.17) is 0 Å². The van der Waals surface area contributed by atoms with Crippen molar-refractivity contribution in [1.29, 1.82) is 0 Å². The number of carbonyl (C=O) groups excluding carboxylic acids is 1. The minimum Gasteiger partial charge on any atom is -0.329 e. The summed E-state index contributed by atoms with van der Waals surface area (Å²) < 4.78 is 2.17. The van der Waals surface area contributed by atoms with Crippen LogP contribution in [0.25, 0.3) is 11.0 Å². The summed E-state index contributed by atoms with van der Waals surface area (Å²) in [6.07, 6.45) is 2.73. The van der Waals surface area contributed by atoms with Gasteiger partial charge < -0.3 is 9.47 Å². The van der Waals surface area contributed by atoms with Gasteiger partial charge in [0.25, 0.3) is 5.91 Å². The Labute approximate surface area is 164 Å². The summed E-state index contributed by atoms with van der Waals surface area (Å²) in [5, 5.41) is 0. The highest BCUT2D eigenvalue weighted by molar-refractivity contribution is 5.94. The SMILES string of the molecule is O=C(c1ccccc1)N1Cc2ccccc2CC1Cn1cnc2ccccc21. The molecule has 28 heavy (non-hydrogen) atoms. The zero-order chi connectivity index (χ0) is 18.9. The summed E-state index contributed by atoms with van der Waals surface area (Å²) in [7, 11) is 0. The van der Waals surface area contributed by atoms with Gasteiger partial charge in [0.2, 0.25) is 0 Å². The number of amides is 1. The van der Waals surface area contributed by atoms with E-state index in [0.717, 1.165) is 29.6 Å². The fourth-order valence-electron chi connectivity index (χ4n) is 4.12. The fourth-order valence-corrected chi connectivity index (χ4v) is 4.12. The number of aromatic nitrogens is 2. The van der Waals surface area contributed by atoms with E-state index in [-0.39, 0.29) is 11.9 Å². The first-order chi connectivity index (χ1) is 13.8. The lowest BCUT2D eigenvalue weighted by Crippen LogP contribution is -2.46. The van der Waals surface area contributed by atoms with Gasteiger partial charge in [0, 0.05) is 18.7 Å². The first kappa shape index (κ1) is 16.8. The number of rotatable bonds is 3. The van der Waals surface area contributed by atoms with Crippen molar-refractivity contribution in [2.45, 2.75) is 25.6 Å². The summed E-state index contributed by atoms with van der Waals surface area (Å²) in [6.45, 7) is 1.37. The van der Waals surface area contributed by atoms with Crippen LogP contribution in [0.15, 0.2) is 85.2 Å². The predicted molar refractivity (Wildman–Crippen MR) is 110 cm³/mol. The standard InChI is InChI=1S/C24H21N3O/c28-24(18-8-2-1-3-9-18)27-15-20-11-5-4-10-19(20)14-21(27)16-26-17-25-22-12-6-7-13-23(22)26/h1-13,17,21H,14-16H2. The van der Waals surface area contributed by atoms with Crippen molar-refractivity contribution < 1.29 is 4.79 Å². The molecule has 0 saturated carbocycles. The van der Waals surface area contributed by atoms with E-state index in [1.54, 1.807) is 0 Å². The molecule has 0 spiro atoms. The second-order valence-electron chi connectivity index (χ2n) is 7.31. The van der Waals surface area contributed by atoms with Gasteiger partial charge in [-0.15, -0.1) is 0 Å². The van der Waals surface area contributed by atoms with Gasteiger partial charge >= 0.3 is 0 Å². The van der Waals surface area contributed by atoms with Crippen molar-refractivity contribution in [3.8, 4) is 0 Å². The lowest BCUT2D eigenvalue weighted by Gasteiger charge is -2.37. The molecule has 4 heteroatoms. The van der Waals surface area contributed by atoms with Gasteiger partial charge in [-0.1, -0.05) is 54.6 Å². The largest absolute Gasteiger partial charge is 0.329 e. The average molecular weight is 367 g/mol. The molecule has 1 aliphatic rings. The van der Waals surface area contributed by atoms with E-state index in [0.29, 0.717) is 6.54 Å². The van der Waals surface area contributed by atoms with E-state index >= 15 is 0 Å². The second kappa shape index (κ2) is 6.97. The minimum absolute atomic E-state index is 0.0835. The van der Waals surface area contributed by atoms with E-state index < -0.39 is 0 Å². The average Bonchev–Trinajstić information content (AvgIpc) is 3.16. The van der Waals surface area contributed by atoms with E-state index in [1.165, 1.54) is 11.1 Å². The molecule has 4 aromatic rings. The molecule has 0 fully saturated rings. The molecule has 138 valence electrons. The molecule has 5 rings (SSSR count). The molecular formula is C24H21N3O. The minimum atomic E-state index is 0.0835. The maximum Gasteiger partial charge on any atom is 0.254 e. The Morgan fingerprint density at radius 1 is 0.893 bits per heavy atom. The van der Waals surface area contributed by atoms with Gasteiger partial charge in [-0.2, -0.15) is 0 Å². The molecule has 1 atom stereocenters. The Morgan fingerprint density at radius 2 is 1.61 bits per heavy atom. The number of fused-ring (bicyclic) bond motifs is 2. The van der Waals surface area contributed by atoms with Crippen LogP contribution in [0.5, 0.6) is 0 Å². The normalized spacial score (nSPS) is 16.1. The van der Waals surface area contributed by atoms with Crippen LogP contribution in [0.1, 0.15) is 21.5 Å². The van der Waals surface area contributed by atoms with Crippen LogP contribution >= 0.6 is 0 Å². The number of carbonyl (C=O) groups is 1. The highest BCUT2D eigenvalue weighted by Crippen LogP contribution is 2.27. The molecule has 1 unspecified atom stereocenters. The zero-order valence-electron chi connectivity index (χ0n) is 15.5. The predicted octanol–water partition coefficient (Wildman–Crippen LogP) is 4.30. The Morgan fingerprint density at radius 3 is 2.46 bits per heavy atom. The van der Waals surface area contributed by atoms with Crippen LogP contribution in [0.2, 0.25) is 0 Å². The molecule has 4 nitrogen and oxygen atoms in total. The van der Waals surface area contributed by atoms with Crippen molar-refractivity contribution in [3.63, 3.8) is 0 Å². The van der Waals surface area contributed by atoms with Gasteiger partial charge in [-0.25, -0.2) is 4.98 Å². The monoisotopic (exact) mass is 367 g/mol. The quantitative estimate of drug-likeness (QED) is 0.541. The molecule has 0 saturated heterocycles. The molecule has 0 bridgehead atoms. The molecule has 3 aromatic carbocycles. The van der Waals surface area contributed by atoms with Crippen LogP contribution in [0.3, 0.4) is 0 Å². The molecule has 1 aliphatic heterocycles. The third-order valence-corrected chi connectivity index (χ3v) is 5.57. The lowest BCUT2D eigenvalue weighted by atomic mass is 9.93. The topological polar surface area (TPSA) is 38.1 Å². The maximum atomic E-state index is 13.3. The van der Waals surface area contributed by atoms with Crippen molar-refractivity contribution in [1.82, 2.24) is 14.5 Å². The molecular weight excluding hydrogens is 346 g/mol.